The fourth-order valence-corrected chi connectivity index (χ4v) is 6.80. The Morgan fingerprint density at radius 2 is 2.14 bits per heavy atom. The molecule has 5 N–H and O–H groups in total. The van der Waals surface area contributed by atoms with Gasteiger partial charge in [0.15, 0.2) is 0 Å². The maximum Gasteiger partial charge on any atom is 0.263 e. The zero-order valence-corrected chi connectivity index (χ0v) is 21.3. The van der Waals surface area contributed by atoms with Gasteiger partial charge in [-0.05, 0) is 26.2 Å². The average molecular weight is 521 g/mol. The third kappa shape index (κ3) is 4.85. The van der Waals surface area contributed by atoms with Crippen LogP contribution in [-0.4, -0.2) is 67.5 Å². The minimum Gasteiger partial charge on any atom is -0.396 e. The average Bonchev–Trinajstić information content (AvgIpc) is 3.47. The Kier molecular flexibility index (Phi) is 6.91. The van der Waals surface area contributed by atoms with E-state index in [0.29, 0.717) is 67.5 Å². The number of halogens is 1. The Labute approximate surface area is 210 Å². The summed E-state index contributed by atoms with van der Waals surface area (Å²) in [5, 5.41) is 3.95. The SMILES string of the molecule is COCCOC1CN(c2cc(F)c3c(n2)CCC(NC(=O)c2sc4nc(C)sc4c2N)C3)CC1N. The Morgan fingerprint density at radius 1 is 1.31 bits per heavy atom. The van der Waals surface area contributed by atoms with Crippen LogP contribution in [0, 0.1) is 12.7 Å². The number of aryl methyl sites for hydroxylation is 2. The number of carbonyl (C=O) groups excluding carboxylic acids is 1. The predicted molar refractivity (Wildman–Crippen MR) is 136 cm³/mol. The molecule has 9 nitrogen and oxygen atoms in total. The van der Waals surface area contributed by atoms with Gasteiger partial charge in [0.2, 0.25) is 0 Å². The van der Waals surface area contributed by atoms with E-state index in [1.54, 1.807) is 7.11 Å². The van der Waals surface area contributed by atoms with Gasteiger partial charge in [-0.25, -0.2) is 14.4 Å². The maximum atomic E-state index is 15.2. The second-order valence-corrected chi connectivity index (χ2v) is 11.2. The van der Waals surface area contributed by atoms with Crippen molar-refractivity contribution in [3.63, 3.8) is 0 Å². The molecule has 1 fully saturated rings. The molecule has 1 saturated heterocycles. The number of nitrogen functional groups attached to an aromatic ring is 1. The van der Waals surface area contributed by atoms with E-state index in [9.17, 15) is 4.79 Å². The number of anilines is 2. The van der Waals surface area contributed by atoms with Crippen molar-refractivity contribution < 1.29 is 18.7 Å². The number of nitrogens with one attached hydrogen (secondary N) is 1. The van der Waals surface area contributed by atoms with Crippen LogP contribution >= 0.6 is 22.7 Å². The monoisotopic (exact) mass is 520 g/mol. The van der Waals surface area contributed by atoms with E-state index in [4.69, 9.17) is 25.9 Å². The van der Waals surface area contributed by atoms with Gasteiger partial charge in [-0.1, -0.05) is 0 Å². The summed E-state index contributed by atoms with van der Waals surface area (Å²) in [6.45, 7) is 3.99. The highest BCUT2D eigenvalue weighted by Gasteiger charge is 2.33. The van der Waals surface area contributed by atoms with Crippen molar-refractivity contribution in [1.29, 1.82) is 0 Å². The molecule has 3 atom stereocenters. The van der Waals surface area contributed by atoms with E-state index >= 15 is 4.39 Å². The number of pyridine rings is 1. The number of amides is 1. The third-order valence-electron chi connectivity index (χ3n) is 6.51. The normalized spacial score (nSPS) is 22.1. The van der Waals surface area contributed by atoms with Gasteiger partial charge in [0, 0.05) is 43.6 Å². The van der Waals surface area contributed by atoms with E-state index in [2.05, 4.69) is 10.3 Å². The predicted octanol–water partition coefficient (Wildman–Crippen LogP) is 2.25. The van der Waals surface area contributed by atoms with Crippen molar-refractivity contribution in [3.8, 4) is 0 Å². The minimum absolute atomic E-state index is 0.148. The number of aromatic nitrogens is 2. The van der Waals surface area contributed by atoms with Crippen molar-refractivity contribution in [2.24, 2.45) is 5.73 Å². The fraction of sp³-hybridized carbons (Fsp3) is 0.522. The van der Waals surface area contributed by atoms with E-state index in [1.807, 2.05) is 11.8 Å². The Balaban J connectivity index is 1.25. The van der Waals surface area contributed by atoms with Crippen LogP contribution in [0.1, 0.15) is 32.4 Å². The van der Waals surface area contributed by atoms with Crippen LogP contribution < -0.4 is 21.7 Å². The zero-order valence-electron chi connectivity index (χ0n) is 19.7. The van der Waals surface area contributed by atoms with Crippen molar-refractivity contribution in [1.82, 2.24) is 15.3 Å². The molecule has 2 aliphatic rings. The number of hydrogen-bond donors (Lipinski definition) is 3. The number of ether oxygens (including phenoxy) is 2. The van der Waals surface area contributed by atoms with Crippen molar-refractivity contribution in [2.75, 3.05) is 44.0 Å². The molecule has 0 spiro atoms. The van der Waals surface area contributed by atoms with Crippen LogP contribution in [-0.2, 0) is 22.3 Å². The highest BCUT2D eigenvalue weighted by molar-refractivity contribution is 7.29. The summed E-state index contributed by atoms with van der Waals surface area (Å²) >= 11 is 2.78. The Morgan fingerprint density at radius 3 is 2.91 bits per heavy atom. The molecule has 1 aliphatic carbocycles. The summed E-state index contributed by atoms with van der Waals surface area (Å²) in [6, 6.07) is 1.10. The smallest absolute Gasteiger partial charge is 0.263 e. The van der Waals surface area contributed by atoms with Crippen LogP contribution in [0.3, 0.4) is 0 Å². The van der Waals surface area contributed by atoms with Crippen LogP contribution in [0.4, 0.5) is 15.9 Å². The van der Waals surface area contributed by atoms with Gasteiger partial charge in [-0.15, -0.1) is 22.7 Å². The molecule has 188 valence electrons. The Hall–Kier alpha value is -2.38. The minimum atomic E-state index is -0.308. The lowest BCUT2D eigenvalue weighted by Crippen LogP contribution is -2.39. The molecule has 3 unspecified atom stereocenters. The summed E-state index contributed by atoms with van der Waals surface area (Å²) in [4.78, 5) is 25.3. The zero-order chi connectivity index (χ0) is 24.7. The van der Waals surface area contributed by atoms with Gasteiger partial charge in [-0.3, -0.25) is 4.79 Å². The van der Waals surface area contributed by atoms with Crippen LogP contribution in [0.5, 0.6) is 0 Å². The molecule has 12 heteroatoms. The first-order chi connectivity index (χ1) is 16.8. The summed E-state index contributed by atoms with van der Waals surface area (Å²) in [6.07, 6.45) is 1.49. The molecule has 1 amide bonds. The first-order valence-electron chi connectivity index (χ1n) is 11.6. The lowest BCUT2D eigenvalue weighted by molar-refractivity contribution is 0.0212. The van der Waals surface area contributed by atoms with Crippen LogP contribution in [0.15, 0.2) is 6.07 Å². The van der Waals surface area contributed by atoms with Gasteiger partial charge in [0.25, 0.3) is 5.91 Å². The number of thiophene rings is 1. The molecule has 0 radical (unpaired) electrons. The van der Waals surface area contributed by atoms with Gasteiger partial charge >= 0.3 is 0 Å². The van der Waals surface area contributed by atoms with Crippen molar-refractivity contribution in [3.05, 3.63) is 33.0 Å². The maximum absolute atomic E-state index is 15.2. The van der Waals surface area contributed by atoms with E-state index < -0.39 is 0 Å². The van der Waals surface area contributed by atoms with Gasteiger partial charge in [0.1, 0.15) is 21.3 Å². The highest BCUT2D eigenvalue weighted by atomic mass is 32.1. The number of hydrogen-bond acceptors (Lipinski definition) is 10. The van der Waals surface area contributed by atoms with Crippen molar-refractivity contribution in [2.45, 2.75) is 44.4 Å². The molecule has 4 heterocycles. The van der Waals surface area contributed by atoms with E-state index in [-0.39, 0.29) is 29.9 Å². The number of fused-ring (bicyclic) bond motifs is 2. The number of nitrogens with two attached hydrogens (primary N) is 2. The summed E-state index contributed by atoms with van der Waals surface area (Å²) < 4.78 is 26.9. The van der Waals surface area contributed by atoms with E-state index in [1.165, 1.54) is 28.7 Å². The molecule has 35 heavy (non-hydrogen) atoms. The first-order valence-corrected chi connectivity index (χ1v) is 13.2. The molecule has 0 aromatic carbocycles. The topological polar surface area (TPSA) is 129 Å². The first kappa shape index (κ1) is 24.3. The molecular formula is C23H29FN6O3S2. The number of nitrogens with zero attached hydrogens (tertiary/aromatic N) is 3. The highest BCUT2D eigenvalue weighted by Crippen LogP contribution is 2.37. The summed E-state index contributed by atoms with van der Waals surface area (Å²) in [7, 11) is 1.62. The van der Waals surface area contributed by atoms with Crippen LogP contribution in [0.25, 0.3) is 9.53 Å². The molecule has 3 aromatic heterocycles. The van der Waals surface area contributed by atoms with Gasteiger partial charge < -0.3 is 31.2 Å². The van der Waals surface area contributed by atoms with Crippen LogP contribution in [0.2, 0.25) is 0 Å². The standard InChI is InChI=1S/C23H29FN6O3S2/c1-11-27-23-21(34-11)19(26)20(35-23)22(31)28-12-3-4-16-13(7-12)14(24)8-18(29-16)30-9-15(25)17(10-30)33-6-5-32-2/h8,12,15,17H,3-7,9-10,25-26H2,1-2H3,(H,28,31). The number of methoxy groups -OCH3 is 1. The summed E-state index contributed by atoms with van der Waals surface area (Å²) in [5.41, 5.74) is 14.2. The second-order valence-electron chi connectivity index (χ2n) is 8.98. The molecule has 0 bridgehead atoms. The molecule has 3 aromatic rings. The lowest BCUT2D eigenvalue weighted by Gasteiger charge is -2.27. The molecule has 5 rings (SSSR count). The second kappa shape index (κ2) is 9.94. The summed E-state index contributed by atoms with van der Waals surface area (Å²) in [5.74, 6) is 0.0303. The molecule has 0 saturated carbocycles. The van der Waals surface area contributed by atoms with Crippen molar-refractivity contribution >= 4 is 49.6 Å². The quantitative estimate of drug-likeness (QED) is 0.405. The fourth-order valence-electron chi connectivity index (χ4n) is 4.71. The molecule has 1 aliphatic heterocycles. The van der Waals surface area contributed by atoms with E-state index in [0.717, 1.165) is 20.2 Å². The lowest BCUT2D eigenvalue weighted by atomic mass is 9.91. The Bertz CT molecular complexity index is 1250. The largest absolute Gasteiger partial charge is 0.396 e. The number of rotatable bonds is 7. The van der Waals surface area contributed by atoms with Gasteiger partial charge in [0.05, 0.1) is 40.8 Å². The third-order valence-corrected chi connectivity index (χ3v) is 8.74. The number of thiazole rings is 1. The molecular weight excluding hydrogens is 491 g/mol. The number of carbonyl (C=O) groups is 1. The van der Waals surface area contributed by atoms with Gasteiger partial charge in [-0.2, -0.15) is 0 Å².